The summed E-state index contributed by atoms with van der Waals surface area (Å²) in [6.07, 6.45) is -4.86. The molecule has 0 bridgehead atoms. The molecule has 1 rings (SSSR count). The van der Waals surface area contributed by atoms with Crippen LogP contribution in [0.1, 0.15) is 17.3 Å². The molecule has 18 heavy (non-hydrogen) atoms. The summed E-state index contributed by atoms with van der Waals surface area (Å²) in [5, 5.41) is 0. The van der Waals surface area contributed by atoms with Gasteiger partial charge in [-0.2, -0.15) is 0 Å². The molecule has 0 N–H and O–H groups in total. The van der Waals surface area contributed by atoms with Crippen molar-refractivity contribution in [1.29, 1.82) is 0 Å². The number of esters is 1. The van der Waals surface area contributed by atoms with Gasteiger partial charge < -0.3 is 14.2 Å². The van der Waals surface area contributed by atoms with E-state index >= 15 is 0 Å². The number of halogens is 3. The van der Waals surface area contributed by atoms with Crippen LogP contribution in [0.25, 0.3) is 0 Å². The molecule has 1 aromatic rings. The molecular formula is C11H11F3O4. The van der Waals surface area contributed by atoms with Crippen LogP contribution in [0.3, 0.4) is 0 Å². The summed E-state index contributed by atoms with van der Waals surface area (Å²) in [5.74, 6) is -1.66. The lowest BCUT2D eigenvalue weighted by Gasteiger charge is -2.15. The zero-order valence-electron chi connectivity index (χ0n) is 9.71. The van der Waals surface area contributed by atoms with Gasteiger partial charge in [0.2, 0.25) is 0 Å². The van der Waals surface area contributed by atoms with Crippen LogP contribution < -0.4 is 9.47 Å². The van der Waals surface area contributed by atoms with E-state index in [-0.39, 0.29) is 17.9 Å². The van der Waals surface area contributed by atoms with Crippen LogP contribution in [-0.2, 0) is 4.74 Å². The smallest absolute Gasteiger partial charge is 0.489 e. The monoisotopic (exact) mass is 264 g/mol. The third-order valence-corrected chi connectivity index (χ3v) is 1.90. The van der Waals surface area contributed by atoms with Crippen molar-refractivity contribution in [2.45, 2.75) is 13.3 Å². The van der Waals surface area contributed by atoms with Crippen LogP contribution in [0.15, 0.2) is 18.2 Å². The van der Waals surface area contributed by atoms with Gasteiger partial charge in [-0.1, -0.05) is 6.07 Å². The predicted molar refractivity (Wildman–Crippen MR) is 55.6 cm³/mol. The second-order valence-electron chi connectivity index (χ2n) is 3.11. The number of ether oxygens (including phenoxy) is 3. The molecule has 0 heterocycles. The van der Waals surface area contributed by atoms with Crippen molar-refractivity contribution in [1.82, 2.24) is 0 Å². The highest BCUT2D eigenvalue weighted by molar-refractivity contribution is 5.93. The first-order chi connectivity index (χ1) is 8.39. The maximum absolute atomic E-state index is 12.2. The summed E-state index contributed by atoms with van der Waals surface area (Å²) < 4.78 is 49.8. The lowest BCUT2D eigenvalue weighted by atomic mass is 10.2. The van der Waals surface area contributed by atoms with Gasteiger partial charge >= 0.3 is 12.3 Å². The third kappa shape index (κ3) is 3.54. The van der Waals surface area contributed by atoms with Gasteiger partial charge in [0.15, 0.2) is 11.5 Å². The van der Waals surface area contributed by atoms with Gasteiger partial charge in [-0.25, -0.2) is 4.79 Å². The molecule has 0 aromatic heterocycles. The van der Waals surface area contributed by atoms with Gasteiger partial charge in [-0.3, -0.25) is 0 Å². The SMILES string of the molecule is CCOc1c(OC(F)(F)F)cccc1C(=O)OC. The minimum atomic E-state index is -4.86. The highest BCUT2D eigenvalue weighted by Gasteiger charge is 2.33. The molecule has 0 saturated heterocycles. The molecule has 0 amide bonds. The van der Waals surface area contributed by atoms with Crippen molar-refractivity contribution in [3.8, 4) is 11.5 Å². The minimum absolute atomic E-state index is 0.0855. The Morgan fingerprint density at radius 2 is 2.00 bits per heavy atom. The van der Waals surface area contributed by atoms with Gasteiger partial charge in [0.25, 0.3) is 0 Å². The number of alkyl halides is 3. The molecule has 0 radical (unpaired) electrons. The predicted octanol–water partition coefficient (Wildman–Crippen LogP) is 2.77. The van der Waals surface area contributed by atoms with Crippen LogP contribution in [0, 0.1) is 0 Å². The van der Waals surface area contributed by atoms with Crippen molar-refractivity contribution in [2.24, 2.45) is 0 Å². The van der Waals surface area contributed by atoms with Crippen molar-refractivity contribution >= 4 is 5.97 Å². The topological polar surface area (TPSA) is 44.8 Å². The molecule has 0 aliphatic rings. The average molecular weight is 264 g/mol. The zero-order valence-corrected chi connectivity index (χ0v) is 9.71. The molecule has 4 nitrogen and oxygen atoms in total. The Morgan fingerprint density at radius 3 is 2.50 bits per heavy atom. The number of rotatable bonds is 4. The molecule has 0 saturated carbocycles. The number of carbonyl (C=O) groups is 1. The largest absolute Gasteiger partial charge is 0.573 e. The fourth-order valence-corrected chi connectivity index (χ4v) is 1.28. The van der Waals surface area contributed by atoms with Gasteiger partial charge in [0.05, 0.1) is 13.7 Å². The Hall–Kier alpha value is -1.92. The summed E-state index contributed by atoms with van der Waals surface area (Å²) in [4.78, 5) is 11.4. The highest BCUT2D eigenvalue weighted by atomic mass is 19.4. The van der Waals surface area contributed by atoms with Crippen molar-refractivity contribution in [3.05, 3.63) is 23.8 Å². The molecule has 0 aliphatic carbocycles. The zero-order chi connectivity index (χ0) is 13.8. The Kier molecular flexibility index (Phi) is 4.41. The standard InChI is InChI=1S/C11H11F3O4/c1-3-17-9-7(10(15)16-2)5-4-6-8(9)18-11(12,13)14/h4-6H,3H2,1-2H3. The number of benzene rings is 1. The van der Waals surface area contributed by atoms with Crippen molar-refractivity contribution < 1.29 is 32.2 Å². The van der Waals surface area contributed by atoms with Crippen molar-refractivity contribution in [3.63, 3.8) is 0 Å². The van der Waals surface area contributed by atoms with Crippen molar-refractivity contribution in [2.75, 3.05) is 13.7 Å². The number of methoxy groups -OCH3 is 1. The van der Waals surface area contributed by atoms with E-state index in [9.17, 15) is 18.0 Å². The minimum Gasteiger partial charge on any atom is -0.489 e. The Morgan fingerprint density at radius 1 is 1.33 bits per heavy atom. The van der Waals surface area contributed by atoms with E-state index in [1.807, 2.05) is 0 Å². The lowest BCUT2D eigenvalue weighted by molar-refractivity contribution is -0.275. The second kappa shape index (κ2) is 5.61. The summed E-state index contributed by atoms with van der Waals surface area (Å²) in [6.45, 7) is 1.66. The van der Waals surface area contributed by atoms with E-state index in [1.165, 1.54) is 12.1 Å². The maximum atomic E-state index is 12.2. The number of hydrogen-bond donors (Lipinski definition) is 0. The fraction of sp³-hybridized carbons (Fsp3) is 0.364. The van der Waals surface area contributed by atoms with E-state index < -0.39 is 18.1 Å². The third-order valence-electron chi connectivity index (χ3n) is 1.90. The van der Waals surface area contributed by atoms with Crippen LogP contribution in [0.5, 0.6) is 11.5 Å². The number of carbonyl (C=O) groups excluding carboxylic acids is 1. The van der Waals surface area contributed by atoms with E-state index in [1.54, 1.807) is 6.92 Å². The molecule has 0 spiro atoms. The molecule has 0 aliphatic heterocycles. The van der Waals surface area contributed by atoms with Gasteiger partial charge in [0.1, 0.15) is 5.56 Å². The van der Waals surface area contributed by atoms with Crippen LogP contribution in [0.2, 0.25) is 0 Å². The molecule has 0 atom stereocenters. The Balaban J connectivity index is 3.21. The van der Waals surface area contributed by atoms with Crippen LogP contribution >= 0.6 is 0 Å². The summed E-state index contributed by atoms with van der Waals surface area (Å²) in [5.41, 5.74) is -0.124. The van der Waals surface area contributed by atoms with E-state index in [2.05, 4.69) is 9.47 Å². The van der Waals surface area contributed by atoms with E-state index in [4.69, 9.17) is 4.74 Å². The summed E-state index contributed by atoms with van der Waals surface area (Å²) in [7, 11) is 1.12. The molecule has 0 unspecified atom stereocenters. The Labute approximate surface area is 101 Å². The maximum Gasteiger partial charge on any atom is 0.573 e. The molecule has 1 aromatic carbocycles. The summed E-state index contributed by atoms with van der Waals surface area (Å²) in [6, 6.07) is 3.60. The normalized spacial score (nSPS) is 10.9. The molecule has 0 fully saturated rings. The van der Waals surface area contributed by atoms with Gasteiger partial charge in [-0.05, 0) is 19.1 Å². The molecular weight excluding hydrogens is 253 g/mol. The summed E-state index contributed by atoms with van der Waals surface area (Å²) >= 11 is 0. The first-order valence-corrected chi connectivity index (χ1v) is 4.99. The quantitative estimate of drug-likeness (QED) is 0.784. The van der Waals surface area contributed by atoms with Crippen LogP contribution in [0.4, 0.5) is 13.2 Å². The number of hydrogen-bond acceptors (Lipinski definition) is 4. The van der Waals surface area contributed by atoms with Gasteiger partial charge in [-0.15, -0.1) is 13.2 Å². The average Bonchev–Trinajstić information content (AvgIpc) is 2.28. The first-order valence-electron chi connectivity index (χ1n) is 4.99. The number of para-hydroxylation sites is 1. The Bertz CT molecular complexity index is 429. The lowest BCUT2D eigenvalue weighted by Crippen LogP contribution is -2.18. The van der Waals surface area contributed by atoms with Crippen LogP contribution in [-0.4, -0.2) is 26.0 Å². The van der Waals surface area contributed by atoms with E-state index in [0.29, 0.717) is 0 Å². The fourth-order valence-electron chi connectivity index (χ4n) is 1.28. The molecule has 100 valence electrons. The van der Waals surface area contributed by atoms with E-state index in [0.717, 1.165) is 13.2 Å². The van der Waals surface area contributed by atoms with Gasteiger partial charge in [0, 0.05) is 0 Å². The second-order valence-corrected chi connectivity index (χ2v) is 3.11. The molecule has 7 heteroatoms. The highest BCUT2D eigenvalue weighted by Crippen LogP contribution is 2.35. The first kappa shape index (κ1) is 14.1.